The normalized spacial score (nSPS) is 10.6. The van der Waals surface area contributed by atoms with Crippen molar-refractivity contribution in [2.75, 3.05) is 0 Å². The molecular weight excluding hydrogens is 424 g/mol. The third kappa shape index (κ3) is 6.19. The van der Waals surface area contributed by atoms with E-state index in [1.54, 1.807) is 0 Å². The second-order valence-corrected chi connectivity index (χ2v) is 7.91. The van der Waals surface area contributed by atoms with Crippen molar-refractivity contribution < 1.29 is 14.3 Å². The van der Waals surface area contributed by atoms with Crippen molar-refractivity contribution >= 4 is 11.8 Å². The maximum Gasteiger partial charge on any atom is 0.328 e. The summed E-state index contributed by atoms with van der Waals surface area (Å²) in [4.78, 5) is 48.9. The van der Waals surface area contributed by atoms with E-state index in [2.05, 4.69) is 11.4 Å². The summed E-state index contributed by atoms with van der Waals surface area (Å²) in [5.41, 5.74) is 7.28. The van der Waals surface area contributed by atoms with Gasteiger partial charge in [-0.25, -0.2) is 4.79 Å². The Kier molecular flexibility index (Phi) is 7.12. The van der Waals surface area contributed by atoms with E-state index in [4.69, 9.17) is 10.5 Å². The van der Waals surface area contributed by atoms with Crippen LogP contribution in [0.4, 0.5) is 0 Å². The Morgan fingerprint density at radius 1 is 1.06 bits per heavy atom. The van der Waals surface area contributed by atoms with Crippen LogP contribution in [0.2, 0.25) is 0 Å². The van der Waals surface area contributed by atoms with Crippen molar-refractivity contribution in [2.24, 2.45) is 5.73 Å². The second-order valence-electron chi connectivity index (χ2n) is 7.91. The number of aromatic amines is 1. The van der Waals surface area contributed by atoms with Crippen molar-refractivity contribution in [1.82, 2.24) is 14.9 Å². The summed E-state index contributed by atoms with van der Waals surface area (Å²) >= 11 is 0. The first-order chi connectivity index (χ1) is 15.6. The Hall–Kier alpha value is -4.14. The van der Waals surface area contributed by atoms with Crippen LogP contribution >= 0.6 is 0 Å². The maximum atomic E-state index is 12.2. The van der Waals surface area contributed by atoms with Gasteiger partial charge in [-0.1, -0.05) is 18.2 Å². The average Bonchev–Trinajstić information content (AvgIpc) is 2.72. The van der Waals surface area contributed by atoms with Gasteiger partial charge in [-0.2, -0.15) is 0 Å². The molecule has 0 radical (unpaired) electrons. The van der Waals surface area contributed by atoms with E-state index < -0.39 is 17.2 Å². The zero-order chi connectivity index (χ0) is 24.1. The number of nitrogens with two attached hydrogens (primary N) is 1. The van der Waals surface area contributed by atoms with Crippen molar-refractivity contribution in [1.29, 1.82) is 0 Å². The van der Waals surface area contributed by atoms with Gasteiger partial charge in [-0.15, -0.1) is 0 Å². The number of rotatable bonds is 8. The molecule has 172 valence electrons. The number of carbonyl (C=O) groups excluding carboxylic acids is 2. The fourth-order valence-electron chi connectivity index (χ4n) is 3.42. The molecule has 4 N–H and O–H groups in total. The molecule has 2 amide bonds. The Morgan fingerprint density at radius 2 is 1.76 bits per heavy atom. The molecule has 9 nitrogen and oxygen atoms in total. The van der Waals surface area contributed by atoms with Gasteiger partial charge in [0.05, 0.1) is 0 Å². The molecular formula is C24H26N4O5. The molecule has 0 atom stereocenters. The number of aryl methyl sites for hydroxylation is 4. The van der Waals surface area contributed by atoms with Crippen LogP contribution in [0.25, 0.3) is 0 Å². The highest BCUT2D eigenvalue weighted by atomic mass is 16.5. The number of primary amides is 1. The third-order valence-electron chi connectivity index (χ3n) is 5.01. The lowest BCUT2D eigenvalue weighted by Crippen LogP contribution is -2.36. The van der Waals surface area contributed by atoms with Crippen LogP contribution < -0.4 is 27.0 Å². The number of benzene rings is 2. The predicted octanol–water partition coefficient (Wildman–Crippen LogP) is 2.06. The first-order valence-electron chi connectivity index (χ1n) is 10.4. The van der Waals surface area contributed by atoms with Crippen molar-refractivity contribution in [3.8, 4) is 11.5 Å². The van der Waals surface area contributed by atoms with Crippen molar-refractivity contribution in [3.05, 3.63) is 91.3 Å². The minimum atomic E-state index is -0.949. The first kappa shape index (κ1) is 23.5. The smallest absolute Gasteiger partial charge is 0.328 e. The number of nitrogens with one attached hydrogen (secondary N) is 2. The topological polar surface area (TPSA) is 136 Å². The Balaban J connectivity index is 1.58. The number of hydrogen-bond acceptors (Lipinski definition) is 5. The van der Waals surface area contributed by atoms with Crippen LogP contribution in [0.15, 0.2) is 52.2 Å². The van der Waals surface area contributed by atoms with Gasteiger partial charge >= 0.3 is 5.69 Å². The predicted molar refractivity (Wildman–Crippen MR) is 123 cm³/mol. The van der Waals surface area contributed by atoms with Crippen LogP contribution in [0.3, 0.4) is 0 Å². The minimum absolute atomic E-state index is 0.0105. The lowest BCUT2D eigenvalue weighted by atomic mass is 10.1. The van der Waals surface area contributed by atoms with E-state index in [0.717, 1.165) is 44.5 Å². The second kappa shape index (κ2) is 9.99. The number of H-pyrrole nitrogens is 1. The van der Waals surface area contributed by atoms with Crippen molar-refractivity contribution in [3.63, 3.8) is 0 Å². The van der Waals surface area contributed by atoms with Crippen LogP contribution in [-0.4, -0.2) is 21.4 Å². The van der Waals surface area contributed by atoms with Gasteiger partial charge in [0.1, 0.15) is 17.1 Å². The summed E-state index contributed by atoms with van der Waals surface area (Å²) in [6, 6.07) is 11.7. The molecule has 1 heterocycles. The third-order valence-corrected chi connectivity index (χ3v) is 5.01. The SMILES string of the molecule is Cc1cc(C)cc(Oc2ccc(CNC(=O)CCn3cc(C(N)=O)c(=O)[nH]c3=O)cc2C)c1. The molecule has 0 saturated carbocycles. The maximum absolute atomic E-state index is 12.2. The van der Waals surface area contributed by atoms with Crippen LogP contribution in [-0.2, 0) is 17.9 Å². The van der Waals surface area contributed by atoms with Gasteiger partial charge in [-0.05, 0) is 61.2 Å². The fraction of sp³-hybridized carbons (Fsp3) is 0.250. The number of hydrogen-bond donors (Lipinski definition) is 3. The van der Waals surface area contributed by atoms with Gasteiger partial charge in [0, 0.05) is 25.7 Å². The van der Waals surface area contributed by atoms with Crippen molar-refractivity contribution in [2.45, 2.75) is 40.3 Å². The molecule has 0 aliphatic heterocycles. The molecule has 1 aromatic heterocycles. The highest BCUT2D eigenvalue weighted by Crippen LogP contribution is 2.27. The molecule has 0 aliphatic carbocycles. The van der Waals surface area contributed by atoms with E-state index in [9.17, 15) is 19.2 Å². The molecule has 33 heavy (non-hydrogen) atoms. The van der Waals surface area contributed by atoms with E-state index in [0.29, 0.717) is 6.54 Å². The summed E-state index contributed by atoms with van der Waals surface area (Å²) < 4.78 is 7.08. The van der Waals surface area contributed by atoms with Crippen LogP contribution in [0, 0.1) is 20.8 Å². The number of carbonyl (C=O) groups is 2. The lowest BCUT2D eigenvalue weighted by Gasteiger charge is -2.12. The quantitative estimate of drug-likeness (QED) is 0.483. The molecule has 0 unspecified atom stereocenters. The van der Waals surface area contributed by atoms with Gasteiger partial charge in [0.15, 0.2) is 0 Å². The summed E-state index contributed by atoms with van der Waals surface area (Å²) in [7, 11) is 0. The van der Waals surface area contributed by atoms with Gasteiger partial charge in [0.2, 0.25) is 5.91 Å². The highest BCUT2D eigenvalue weighted by Gasteiger charge is 2.11. The molecule has 2 aromatic carbocycles. The monoisotopic (exact) mass is 450 g/mol. The molecule has 0 spiro atoms. The minimum Gasteiger partial charge on any atom is -0.457 e. The largest absolute Gasteiger partial charge is 0.457 e. The molecule has 0 bridgehead atoms. The zero-order valence-corrected chi connectivity index (χ0v) is 18.7. The summed E-state index contributed by atoms with van der Waals surface area (Å²) in [5, 5.41) is 2.79. The zero-order valence-electron chi connectivity index (χ0n) is 18.7. The molecule has 0 aliphatic rings. The summed E-state index contributed by atoms with van der Waals surface area (Å²) in [6.07, 6.45) is 1.05. The van der Waals surface area contributed by atoms with Gasteiger partial charge in [-0.3, -0.25) is 23.9 Å². The summed E-state index contributed by atoms with van der Waals surface area (Å²) in [6.45, 7) is 6.26. The molecule has 0 fully saturated rings. The molecule has 3 rings (SSSR count). The first-order valence-corrected chi connectivity index (χ1v) is 10.4. The molecule has 9 heteroatoms. The number of ether oxygens (including phenoxy) is 1. The van der Waals surface area contributed by atoms with E-state index >= 15 is 0 Å². The van der Waals surface area contributed by atoms with E-state index in [-0.39, 0.29) is 24.4 Å². The molecule has 3 aromatic rings. The Bertz CT molecular complexity index is 1300. The van der Waals surface area contributed by atoms with Crippen LogP contribution in [0.5, 0.6) is 11.5 Å². The average molecular weight is 450 g/mol. The Labute approximate surface area is 190 Å². The van der Waals surface area contributed by atoms with Gasteiger partial charge in [0.25, 0.3) is 11.5 Å². The number of aromatic nitrogens is 2. The fourth-order valence-corrected chi connectivity index (χ4v) is 3.42. The molecule has 0 saturated heterocycles. The lowest BCUT2D eigenvalue weighted by molar-refractivity contribution is -0.121. The van der Waals surface area contributed by atoms with Gasteiger partial charge < -0.3 is 15.8 Å². The highest BCUT2D eigenvalue weighted by molar-refractivity contribution is 5.91. The van der Waals surface area contributed by atoms with E-state index in [1.807, 2.05) is 56.1 Å². The summed E-state index contributed by atoms with van der Waals surface area (Å²) in [5.74, 6) is 0.267. The number of amides is 2. The number of nitrogens with zero attached hydrogens (tertiary/aromatic N) is 1. The standard InChI is InChI=1S/C24H26N4O5/c1-14-8-15(2)10-18(9-14)33-20-5-4-17(11-16(20)3)12-26-21(29)6-7-28-13-19(22(25)30)23(31)27-24(28)32/h4-5,8-11,13H,6-7,12H2,1-3H3,(H2,25,30)(H,26,29)(H,27,31,32). The van der Waals surface area contributed by atoms with E-state index in [1.165, 1.54) is 0 Å². The van der Waals surface area contributed by atoms with Crippen LogP contribution in [0.1, 0.15) is 39.0 Å². The Morgan fingerprint density at radius 3 is 2.39 bits per heavy atom.